The van der Waals surface area contributed by atoms with Crippen LogP contribution in [-0.4, -0.2) is 26.9 Å². The average Bonchev–Trinajstić information content (AvgIpc) is 2.21. The molecule has 1 aromatic carbocycles. The van der Waals surface area contributed by atoms with Crippen LogP contribution >= 0.6 is 0 Å². The Morgan fingerprint density at radius 3 is 2.17 bits per heavy atom. The number of hydrogen-bond donors (Lipinski definition) is 0. The fourth-order valence-corrected chi connectivity index (χ4v) is 2.10. The number of alkyl halides is 3. The highest BCUT2D eigenvalue weighted by molar-refractivity contribution is 5.62. The average molecular weight is 261 g/mol. The first-order chi connectivity index (χ1) is 8.17. The van der Waals surface area contributed by atoms with E-state index >= 15 is 0 Å². The number of nitrogens with zero attached hydrogens (tertiary/aromatic N) is 1. The Hall–Kier alpha value is -1.39. The first-order valence-corrected chi connectivity index (χ1v) is 5.60. The number of benzene rings is 1. The molecule has 18 heavy (non-hydrogen) atoms. The number of halogens is 3. The molecule has 0 unspecified atom stereocenters. The molecule has 0 fully saturated rings. The molecular weight excluding hydrogens is 243 g/mol. The standard InChI is InChI=1S/C13H18F3NO/c1-8-6-11(17(4)7-13(14,15)16)9(2)10(3)12(8)18-5/h6H,7H2,1-5H3. The summed E-state index contributed by atoms with van der Waals surface area (Å²) in [4.78, 5) is 1.22. The van der Waals surface area contributed by atoms with Gasteiger partial charge in [0.2, 0.25) is 0 Å². The van der Waals surface area contributed by atoms with Gasteiger partial charge in [0.1, 0.15) is 12.3 Å². The molecule has 0 aromatic heterocycles. The molecule has 0 heterocycles. The van der Waals surface area contributed by atoms with Crippen LogP contribution in [0.2, 0.25) is 0 Å². The highest BCUT2D eigenvalue weighted by Crippen LogP contribution is 2.34. The van der Waals surface area contributed by atoms with E-state index < -0.39 is 12.7 Å². The predicted octanol–water partition coefficient (Wildman–Crippen LogP) is 3.62. The first-order valence-electron chi connectivity index (χ1n) is 5.60. The van der Waals surface area contributed by atoms with Crippen molar-refractivity contribution in [1.29, 1.82) is 0 Å². The van der Waals surface area contributed by atoms with Crippen molar-refractivity contribution < 1.29 is 17.9 Å². The summed E-state index contributed by atoms with van der Waals surface area (Å²) in [6.45, 7) is 4.53. The van der Waals surface area contributed by atoms with Gasteiger partial charge in [-0.25, -0.2) is 0 Å². The van der Waals surface area contributed by atoms with E-state index in [0.717, 1.165) is 22.4 Å². The lowest BCUT2D eigenvalue weighted by atomic mass is 10.0. The third-order valence-corrected chi connectivity index (χ3v) is 3.03. The van der Waals surface area contributed by atoms with E-state index in [9.17, 15) is 13.2 Å². The zero-order chi connectivity index (χ0) is 14.1. The van der Waals surface area contributed by atoms with E-state index in [0.29, 0.717) is 5.69 Å². The minimum Gasteiger partial charge on any atom is -0.496 e. The van der Waals surface area contributed by atoms with Crippen LogP contribution in [0, 0.1) is 20.8 Å². The van der Waals surface area contributed by atoms with Crippen LogP contribution in [0.5, 0.6) is 5.75 Å². The molecule has 0 bridgehead atoms. The maximum absolute atomic E-state index is 12.4. The summed E-state index contributed by atoms with van der Waals surface area (Å²) in [5.74, 6) is 0.733. The van der Waals surface area contributed by atoms with Gasteiger partial charge in [-0.2, -0.15) is 13.2 Å². The molecule has 0 atom stereocenters. The third kappa shape index (κ3) is 3.09. The highest BCUT2D eigenvalue weighted by Gasteiger charge is 2.30. The lowest BCUT2D eigenvalue weighted by molar-refractivity contribution is -0.119. The fourth-order valence-electron chi connectivity index (χ4n) is 2.10. The van der Waals surface area contributed by atoms with Crippen molar-refractivity contribution >= 4 is 5.69 Å². The van der Waals surface area contributed by atoms with Gasteiger partial charge in [0, 0.05) is 12.7 Å². The van der Waals surface area contributed by atoms with Crippen LogP contribution in [0.3, 0.4) is 0 Å². The molecular formula is C13H18F3NO. The molecule has 0 aliphatic rings. The number of hydrogen-bond acceptors (Lipinski definition) is 2. The number of rotatable bonds is 3. The van der Waals surface area contributed by atoms with Gasteiger partial charge in [-0.05, 0) is 43.5 Å². The van der Waals surface area contributed by atoms with Gasteiger partial charge in [0.25, 0.3) is 0 Å². The van der Waals surface area contributed by atoms with Gasteiger partial charge in [-0.1, -0.05) is 0 Å². The second-order valence-electron chi connectivity index (χ2n) is 4.47. The molecule has 102 valence electrons. The van der Waals surface area contributed by atoms with Crippen molar-refractivity contribution in [3.63, 3.8) is 0 Å². The molecule has 0 spiro atoms. The van der Waals surface area contributed by atoms with E-state index in [1.165, 1.54) is 11.9 Å². The van der Waals surface area contributed by atoms with Crippen LogP contribution in [0.25, 0.3) is 0 Å². The second-order valence-corrected chi connectivity index (χ2v) is 4.47. The Balaban J connectivity index is 3.19. The maximum atomic E-state index is 12.4. The summed E-state index contributed by atoms with van der Waals surface area (Å²) in [6.07, 6.45) is -4.21. The zero-order valence-corrected chi connectivity index (χ0v) is 11.3. The Kier molecular flexibility index (Phi) is 4.14. The molecule has 1 aromatic rings. The molecule has 0 aliphatic heterocycles. The number of aryl methyl sites for hydroxylation is 1. The van der Waals surface area contributed by atoms with Crippen molar-refractivity contribution in [2.75, 3.05) is 25.6 Å². The Labute approximate surface area is 105 Å². The van der Waals surface area contributed by atoms with Crippen molar-refractivity contribution in [3.05, 3.63) is 22.8 Å². The minimum absolute atomic E-state index is 0.586. The lowest BCUT2D eigenvalue weighted by Gasteiger charge is -2.25. The van der Waals surface area contributed by atoms with Crippen molar-refractivity contribution in [3.8, 4) is 5.75 Å². The van der Waals surface area contributed by atoms with Gasteiger partial charge in [-0.3, -0.25) is 0 Å². The van der Waals surface area contributed by atoms with E-state index in [1.807, 2.05) is 13.8 Å². The van der Waals surface area contributed by atoms with Gasteiger partial charge in [-0.15, -0.1) is 0 Å². The smallest absolute Gasteiger partial charge is 0.405 e. The van der Waals surface area contributed by atoms with Crippen LogP contribution < -0.4 is 9.64 Å². The molecule has 1 rings (SSSR count). The van der Waals surface area contributed by atoms with E-state index in [1.54, 1.807) is 20.1 Å². The summed E-state index contributed by atoms with van der Waals surface area (Å²) in [5.41, 5.74) is 3.11. The van der Waals surface area contributed by atoms with Gasteiger partial charge in [0.15, 0.2) is 0 Å². The van der Waals surface area contributed by atoms with Gasteiger partial charge in [0.05, 0.1) is 7.11 Å². The zero-order valence-electron chi connectivity index (χ0n) is 11.3. The Bertz CT molecular complexity index is 441. The number of ether oxygens (including phenoxy) is 1. The van der Waals surface area contributed by atoms with Gasteiger partial charge < -0.3 is 9.64 Å². The Morgan fingerprint density at radius 2 is 1.72 bits per heavy atom. The molecule has 0 N–H and O–H groups in total. The quantitative estimate of drug-likeness (QED) is 0.824. The molecule has 5 heteroatoms. The summed E-state index contributed by atoms with van der Waals surface area (Å²) in [5, 5.41) is 0. The number of methoxy groups -OCH3 is 1. The summed E-state index contributed by atoms with van der Waals surface area (Å²) in [7, 11) is 3.01. The largest absolute Gasteiger partial charge is 0.496 e. The summed E-state index contributed by atoms with van der Waals surface area (Å²) in [6, 6.07) is 1.73. The van der Waals surface area contributed by atoms with E-state index in [4.69, 9.17) is 4.74 Å². The second kappa shape index (κ2) is 5.08. The maximum Gasteiger partial charge on any atom is 0.405 e. The normalized spacial score (nSPS) is 11.6. The highest BCUT2D eigenvalue weighted by atomic mass is 19.4. The van der Waals surface area contributed by atoms with Crippen LogP contribution in [0.1, 0.15) is 16.7 Å². The molecule has 0 radical (unpaired) electrons. The van der Waals surface area contributed by atoms with Crippen LogP contribution in [-0.2, 0) is 0 Å². The fraction of sp³-hybridized carbons (Fsp3) is 0.538. The lowest BCUT2D eigenvalue weighted by Crippen LogP contribution is -2.31. The van der Waals surface area contributed by atoms with Crippen molar-refractivity contribution in [1.82, 2.24) is 0 Å². The van der Waals surface area contributed by atoms with E-state index in [-0.39, 0.29) is 0 Å². The van der Waals surface area contributed by atoms with Gasteiger partial charge >= 0.3 is 6.18 Å². The number of anilines is 1. The summed E-state index contributed by atoms with van der Waals surface area (Å²) < 4.78 is 42.5. The molecule has 0 saturated carbocycles. The first kappa shape index (κ1) is 14.7. The minimum atomic E-state index is -4.21. The topological polar surface area (TPSA) is 12.5 Å². The van der Waals surface area contributed by atoms with Crippen LogP contribution in [0.15, 0.2) is 6.07 Å². The van der Waals surface area contributed by atoms with Crippen molar-refractivity contribution in [2.24, 2.45) is 0 Å². The molecule has 0 aliphatic carbocycles. The predicted molar refractivity (Wildman–Crippen MR) is 66.5 cm³/mol. The van der Waals surface area contributed by atoms with Crippen molar-refractivity contribution in [2.45, 2.75) is 26.9 Å². The Morgan fingerprint density at radius 1 is 1.17 bits per heavy atom. The third-order valence-electron chi connectivity index (χ3n) is 3.03. The SMILES string of the molecule is COc1c(C)cc(N(C)CC(F)(F)F)c(C)c1C. The molecule has 0 amide bonds. The van der Waals surface area contributed by atoms with E-state index in [2.05, 4.69) is 0 Å². The molecule has 2 nitrogen and oxygen atoms in total. The molecule has 0 saturated heterocycles. The van der Waals surface area contributed by atoms with Crippen LogP contribution in [0.4, 0.5) is 18.9 Å². The summed E-state index contributed by atoms with van der Waals surface area (Å²) >= 11 is 0. The monoisotopic (exact) mass is 261 g/mol.